The Morgan fingerprint density at radius 3 is 2.68 bits per heavy atom. The zero-order valence-electron chi connectivity index (χ0n) is 20.8. The lowest BCUT2D eigenvalue weighted by molar-refractivity contribution is -0.0545. The third-order valence-electron chi connectivity index (χ3n) is 5.40. The van der Waals surface area contributed by atoms with Gasteiger partial charge in [-0.3, -0.25) is 0 Å². The minimum absolute atomic E-state index is 0.00655. The van der Waals surface area contributed by atoms with Gasteiger partial charge in [0.05, 0.1) is 37.9 Å². The first kappa shape index (κ1) is 25.9. The average molecular weight is 510 g/mol. The summed E-state index contributed by atoms with van der Waals surface area (Å²) >= 11 is 0. The predicted molar refractivity (Wildman–Crippen MR) is 134 cm³/mol. The highest BCUT2D eigenvalue weighted by atomic mass is 19.1. The Morgan fingerprint density at radius 1 is 1.19 bits per heavy atom. The smallest absolute Gasteiger partial charge is 0.405 e. The van der Waals surface area contributed by atoms with Crippen molar-refractivity contribution < 1.29 is 23.4 Å². The first-order chi connectivity index (χ1) is 18.0. The molecule has 4 aromatic rings. The third kappa shape index (κ3) is 5.81. The Bertz CT molecular complexity index is 1370. The second kappa shape index (κ2) is 11.7. The van der Waals surface area contributed by atoms with Crippen molar-refractivity contribution in [1.82, 2.24) is 29.6 Å². The summed E-state index contributed by atoms with van der Waals surface area (Å²) < 4.78 is 31.8. The second-order valence-corrected chi connectivity index (χ2v) is 7.83. The monoisotopic (exact) mass is 509 g/mol. The van der Waals surface area contributed by atoms with Crippen LogP contribution in [-0.4, -0.2) is 68.8 Å². The van der Waals surface area contributed by atoms with Crippen molar-refractivity contribution in [3.8, 4) is 17.3 Å². The summed E-state index contributed by atoms with van der Waals surface area (Å²) in [5, 5.41) is 5.25. The lowest BCUT2D eigenvalue weighted by atomic mass is 10.2. The lowest BCUT2D eigenvalue weighted by Crippen LogP contribution is -2.36. The molecule has 1 aromatic carbocycles. The van der Waals surface area contributed by atoms with E-state index in [1.54, 1.807) is 42.2 Å². The number of rotatable bonds is 6. The fourth-order valence-electron chi connectivity index (χ4n) is 3.63. The van der Waals surface area contributed by atoms with Gasteiger partial charge in [0.1, 0.15) is 11.5 Å². The molecule has 37 heavy (non-hydrogen) atoms. The van der Waals surface area contributed by atoms with Gasteiger partial charge in [0.15, 0.2) is 29.3 Å². The molecule has 0 unspecified atom stereocenters. The van der Waals surface area contributed by atoms with Crippen molar-refractivity contribution in [2.75, 3.05) is 32.5 Å². The molecular weight excluding hydrogens is 481 g/mol. The molecule has 0 spiro atoms. The molecule has 3 aromatic heterocycles. The van der Waals surface area contributed by atoms with Crippen LogP contribution in [0.5, 0.6) is 5.75 Å². The molecule has 1 fully saturated rings. The summed E-state index contributed by atoms with van der Waals surface area (Å²) in [7, 11) is 1.56. The number of halogens is 1. The number of amides is 1. The Hall–Kier alpha value is -4.16. The van der Waals surface area contributed by atoms with Crippen LogP contribution in [0, 0.1) is 5.82 Å². The number of nitrogens with two attached hydrogens (primary N) is 1. The van der Waals surface area contributed by atoms with Crippen LogP contribution >= 0.6 is 0 Å². The number of likely N-dealkylation sites (N-methyl/N-ethyl adjacent to an activating group) is 1. The molecule has 12 heteroatoms. The van der Waals surface area contributed by atoms with Crippen molar-refractivity contribution in [2.45, 2.75) is 26.7 Å². The number of nitrogens with zero attached hydrogens (tertiary/aromatic N) is 6. The van der Waals surface area contributed by atoms with E-state index in [0.29, 0.717) is 35.5 Å². The highest BCUT2D eigenvalue weighted by Crippen LogP contribution is 2.28. The van der Waals surface area contributed by atoms with Gasteiger partial charge in [-0.25, -0.2) is 28.8 Å². The number of carbonyl (C=O) groups excluding carboxylic acids is 1. The Balaban J connectivity index is 0.00000156. The van der Waals surface area contributed by atoms with E-state index in [9.17, 15) is 9.18 Å². The average Bonchev–Trinajstić information content (AvgIpc) is 3.56. The van der Waals surface area contributed by atoms with Gasteiger partial charge in [0, 0.05) is 18.8 Å². The normalized spacial score (nSPS) is 13.3. The van der Waals surface area contributed by atoms with Crippen LogP contribution < -0.4 is 10.5 Å². The SMILES string of the molecule is CC.CN(CC1OCCO1)C(=O)Oc1cnc(-c2nn(Cc3ccccc3F)c3ncccc23)nc1N. The highest BCUT2D eigenvalue weighted by molar-refractivity contribution is 5.89. The van der Waals surface area contributed by atoms with E-state index in [0.717, 1.165) is 0 Å². The van der Waals surface area contributed by atoms with Gasteiger partial charge in [-0.2, -0.15) is 5.10 Å². The first-order valence-corrected chi connectivity index (χ1v) is 11.8. The van der Waals surface area contributed by atoms with E-state index in [2.05, 4.69) is 20.1 Å². The number of benzene rings is 1. The topological polar surface area (TPSA) is 131 Å². The van der Waals surface area contributed by atoms with Crippen molar-refractivity contribution >= 4 is 22.9 Å². The molecule has 1 saturated heterocycles. The number of fused-ring (bicyclic) bond motifs is 1. The van der Waals surface area contributed by atoms with Gasteiger partial charge in [-0.05, 0) is 18.2 Å². The van der Waals surface area contributed by atoms with Crippen LogP contribution in [0.4, 0.5) is 15.0 Å². The number of aromatic nitrogens is 5. The van der Waals surface area contributed by atoms with Crippen LogP contribution in [0.1, 0.15) is 19.4 Å². The van der Waals surface area contributed by atoms with Gasteiger partial charge >= 0.3 is 6.09 Å². The number of hydrogen-bond acceptors (Lipinski definition) is 9. The second-order valence-electron chi connectivity index (χ2n) is 7.83. The molecule has 1 aliphatic heterocycles. The minimum atomic E-state index is -0.657. The van der Waals surface area contributed by atoms with Gasteiger partial charge < -0.3 is 24.8 Å². The molecule has 0 atom stereocenters. The summed E-state index contributed by atoms with van der Waals surface area (Å²) in [4.78, 5) is 26.7. The largest absolute Gasteiger partial charge is 0.415 e. The van der Waals surface area contributed by atoms with Crippen LogP contribution in [0.2, 0.25) is 0 Å². The summed E-state index contributed by atoms with van der Waals surface area (Å²) in [5.74, 6) is -0.150. The van der Waals surface area contributed by atoms with Gasteiger partial charge in [0.25, 0.3) is 0 Å². The summed E-state index contributed by atoms with van der Waals surface area (Å²) in [6, 6.07) is 10.0. The molecule has 0 aliphatic carbocycles. The molecular formula is C25H28FN7O4. The maximum Gasteiger partial charge on any atom is 0.415 e. The fourth-order valence-corrected chi connectivity index (χ4v) is 3.63. The van der Waals surface area contributed by atoms with Crippen molar-refractivity contribution in [2.24, 2.45) is 0 Å². The van der Waals surface area contributed by atoms with E-state index in [1.165, 1.54) is 17.2 Å². The number of hydrogen-bond donors (Lipinski definition) is 1. The molecule has 1 aliphatic rings. The minimum Gasteiger partial charge on any atom is -0.405 e. The first-order valence-electron chi connectivity index (χ1n) is 11.8. The third-order valence-corrected chi connectivity index (χ3v) is 5.40. The van der Waals surface area contributed by atoms with Gasteiger partial charge in [0.2, 0.25) is 0 Å². The van der Waals surface area contributed by atoms with Crippen LogP contribution in [0.15, 0.2) is 48.8 Å². The molecule has 5 rings (SSSR count). The summed E-state index contributed by atoms with van der Waals surface area (Å²) in [5.41, 5.74) is 7.50. The highest BCUT2D eigenvalue weighted by Gasteiger charge is 2.23. The molecule has 2 N–H and O–H groups in total. The number of nitrogen functional groups attached to an aromatic ring is 1. The molecule has 0 saturated carbocycles. The van der Waals surface area contributed by atoms with E-state index < -0.39 is 12.4 Å². The number of carbonyl (C=O) groups is 1. The quantitative estimate of drug-likeness (QED) is 0.415. The van der Waals surface area contributed by atoms with Gasteiger partial charge in [-0.15, -0.1) is 0 Å². The zero-order chi connectivity index (χ0) is 26.4. The van der Waals surface area contributed by atoms with E-state index in [1.807, 2.05) is 19.9 Å². The summed E-state index contributed by atoms with van der Waals surface area (Å²) in [6.45, 7) is 5.34. The number of pyridine rings is 1. The summed E-state index contributed by atoms with van der Waals surface area (Å²) in [6.07, 6.45) is 1.78. The van der Waals surface area contributed by atoms with E-state index in [4.69, 9.17) is 19.9 Å². The van der Waals surface area contributed by atoms with Crippen molar-refractivity contribution in [1.29, 1.82) is 0 Å². The Kier molecular flexibility index (Phi) is 8.21. The molecule has 194 valence electrons. The number of ether oxygens (including phenoxy) is 3. The van der Waals surface area contributed by atoms with Crippen molar-refractivity contribution in [3.63, 3.8) is 0 Å². The molecule has 0 radical (unpaired) electrons. The van der Waals surface area contributed by atoms with Crippen LogP contribution in [0.3, 0.4) is 0 Å². The molecule has 1 amide bonds. The Morgan fingerprint density at radius 2 is 1.95 bits per heavy atom. The lowest BCUT2D eigenvalue weighted by Gasteiger charge is -2.19. The maximum absolute atomic E-state index is 14.2. The molecule has 4 heterocycles. The van der Waals surface area contributed by atoms with Crippen LogP contribution in [0.25, 0.3) is 22.6 Å². The van der Waals surface area contributed by atoms with Crippen molar-refractivity contribution in [3.05, 3.63) is 60.2 Å². The standard InChI is InChI=1S/C23H22FN7O4.C2H6/c1-30(13-18-33-9-10-34-18)23(32)35-17-11-27-21(28-20(17)25)19-15-6-4-8-26-22(15)31(29-19)12-14-5-2-3-7-16(14)24;1-2/h2-8,11,18H,9-10,12-13H2,1H3,(H2,25,27,28);1-2H3. The van der Waals surface area contributed by atoms with Gasteiger partial charge in [-0.1, -0.05) is 32.0 Å². The van der Waals surface area contributed by atoms with Crippen LogP contribution in [-0.2, 0) is 16.0 Å². The van der Waals surface area contributed by atoms with E-state index in [-0.39, 0.29) is 36.3 Å². The van der Waals surface area contributed by atoms with E-state index >= 15 is 0 Å². The predicted octanol–water partition coefficient (Wildman–Crippen LogP) is 3.49. The fraction of sp³-hybridized carbons (Fsp3) is 0.320. The molecule has 11 nitrogen and oxygen atoms in total. The number of anilines is 1. The molecule has 0 bridgehead atoms. The maximum atomic E-state index is 14.2. The Labute approximate surface area is 213 Å². The zero-order valence-corrected chi connectivity index (χ0v) is 20.8.